The fourth-order valence-electron chi connectivity index (χ4n) is 7.68. The van der Waals surface area contributed by atoms with Crippen molar-refractivity contribution in [1.29, 1.82) is 0 Å². The second-order valence-corrected chi connectivity index (χ2v) is 17.7. The Morgan fingerprint density at radius 2 is 1.00 bits per heavy atom. The highest BCUT2D eigenvalue weighted by molar-refractivity contribution is 5.80. The molecule has 8 atom stereocenters. The highest BCUT2D eigenvalue weighted by Gasteiger charge is 2.44. The van der Waals surface area contributed by atoms with Crippen LogP contribution in [-0.4, -0.2) is 98.7 Å². The van der Waals surface area contributed by atoms with Crippen LogP contribution in [0.1, 0.15) is 206 Å². The Hall–Kier alpha value is -2.15. The van der Waals surface area contributed by atoms with Crippen molar-refractivity contribution in [1.82, 2.24) is 5.32 Å². The van der Waals surface area contributed by atoms with E-state index in [2.05, 4.69) is 67.8 Å². The number of allylic oxidation sites excluding steroid dienone is 9. The first-order valence-corrected chi connectivity index (χ1v) is 25.6. The third-order valence-corrected chi connectivity index (χ3v) is 11.9. The van der Waals surface area contributed by atoms with E-state index in [4.69, 9.17) is 9.47 Å². The summed E-state index contributed by atoms with van der Waals surface area (Å²) in [7, 11) is 0. The van der Waals surface area contributed by atoms with Gasteiger partial charge in [0.15, 0.2) is 6.29 Å². The number of hydrogen-bond acceptors (Lipinski definition) is 9. The van der Waals surface area contributed by atoms with E-state index >= 15 is 0 Å². The molecule has 1 fully saturated rings. The molecule has 1 saturated heterocycles. The summed E-state index contributed by atoms with van der Waals surface area (Å²) in [6.45, 7) is 3.53. The van der Waals surface area contributed by atoms with Crippen molar-refractivity contribution in [2.24, 2.45) is 0 Å². The maximum absolute atomic E-state index is 13.1. The lowest BCUT2D eigenvalue weighted by atomic mass is 9.99. The Kier molecular flexibility index (Phi) is 39.7. The highest BCUT2D eigenvalue weighted by Crippen LogP contribution is 2.23. The molecule has 0 aromatic carbocycles. The van der Waals surface area contributed by atoms with E-state index < -0.39 is 61.5 Å². The van der Waals surface area contributed by atoms with Crippen molar-refractivity contribution in [3.63, 3.8) is 0 Å². The Morgan fingerprint density at radius 3 is 1.52 bits per heavy atom. The van der Waals surface area contributed by atoms with Crippen molar-refractivity contribution < 1.29 is 44.9 Å². The number of nitrogens with one attached hydrogen (secondary N) is 1. The summed E-state index contributed by atoms with van der Waals surface area (Å²) < 4.78 is 11.1. The molecule has 10 heteroatoms. The zero-order chi connectivity index (χ0) is 46.0. The number of rotatable bonds is 42. The van der Waals surface area contributed by atoms with Crippen molar-refractivity contribution in [2.75, 3.05) is 13.2 Å². The summed E-state index contributed by atoms with van der Waals surface area (Å²) >= 11 is 0. The number of aliphatic hydroxyl groups is 6. The largest absolute Gasteiger partial charge is 0.394 e. The smallest absolute Gasteiger partial charge is 0.249 e. The number of ether oxygens (including phenoxy) is 2. The molecule has 1 heterocycles. The number of unbranched alkanes of at least 4 members (excludes halogenated alkanes) is 23. The lowest BCUT2D eigenvalue weighted by molar-refractivity contribution is -0.302. The van der Waals surface area contributed by atoms with Gasteiger partial charge >= 0.3 is 0 Å². The summed E-state index contributed by atoms with van der Waals surface area (Å²) in [6.07, 6.45) is 46.1. The molecular weight excluding hydrogens is 795 g/mol. The Bertz CT molecular complexity index is 1190. The molecule has 1 rings (SSSR count). The van der Waals surface area contributed by atoms with Crippen molar-refractivity contribution >= 4 is 5.91 Å². The van der Waals surface area contributed by atoms with Crippen LogP contribution >= 0.6 is 0 Å². The molecule has 0 radical (unpaired) electrons. The predicted octanol–water partition coefficient (Wildman–Crippen LogP) is 10.5. The van der Waals surface area contributed by atoms with Gasteiger partial charge in [-0.3, -0.25) is 4.79 Å². The SMILES string of the molecule is CCCC/C=C/CC/C=C/CC/C=C/C(O)C(COC1OC(CO)C(O)C(O)C1O)NC(=O)C(O)CCCCCCCCCCCC/C=C\C/C=C\CCCCCCCCCCC. The minimum Gasteiger partial charge on any atom is -0.394 e. The molecule has 0 spiro atoms. The van der Waals surface area contributed by atoms with Crippen LogP contribution < -0.4 is 5.32 Å². The van der Waals surface area contributed by atoms with Gasteiger partial charge in [0.2, 0.25) is 5.91 Å². The van der Waals surface area contributed by atoms with E-state index in [0.717, 1.165) is 51.4 Å². The van der Waals surface area contributed by atoms with Crippen LogP contribution in [0.4, 0.5) is 0 Å². The molecule has 1 aliphatic rings. The maximum atomic E-state index is 13.1. The van der Waals surface area contributed by atoms with Crippen molar-refractivity contribution in [2.45, 2.75) is 255 Å². The molecule has 0 aromatic rings. The molecule has 7 N–H and O–H groups in total. The molecule has 0 aliphatic carbocycles. The van der Waals surface area contributed by atoms with Gasteiger partial charge in [0, 0.05) is 0 Å². The summed E-state index contributed by atoms with van der Waals surface area (Å²) in [4.78, 5) is 13.1. The lowest BCUT2D eigenvalue weighted by Crippen LogP contribution is -2.60. The van der Waals surface area contributed by atoms with E-state index in [1.54, 1.807) is 6.08 Å². The van der Waals surface area contributed by atoms with Gasteiger partial charge in [-0.1, -0.05) is 197 Å². The molecule has 366 valence electrons. The zero-order valence-electron chi connectivity index (χ0n) is 39.9. The van der Waals surface area contributed by atoms with Gasteiger partial charge in [-0.2, -0.15) is 0 Å². The minimum atomic E-state index is -1.62. The fraction of sp³-hybridized carbons (Fsp3) is 0.792. The number of hydrogen-bond donors (Lipinski definition) is 7. The molecule has 10 nitrogen and oxygen atoms in total. The second kappa shape index (κ2) is 42.5. The quantitative estimate of drug-likeness (QED) is 0.0233. The molecule has 0 saturated carbocycles. The molecule has 1 amide bonds. The van der Waals surface area contributed by atoms with Crippen LogP contribution in [-0.2, 0) is 14.3 Å². The van der Waals surface area contributed by atoms with Crippen LogP contribution in [0, 0.1) is 0 Å². The van der Waals surface area contributed by atoms with Crippen LogP contribution in [0.2, 0.25) is 0 Å². The van der Waals surface area contributed by atoms with Crippen molar-refractivity contribution in [3.8, 4) is 0 Å². The minimum absolute atomic E-state index is 0.295. The Morgan fingerprint density at radius 1 is 0.556 bits per heavy atom. The van der Waals surface area contributed by atoms with E-state index in [0.29, 0.717) is 19.3 Å². The first kappa shape index (κ1) is 58.9. The topological polar surface area (TPSA) is 169 Å². The zero-order valence-corrected chi connectivity index (χ0v) is 39.9. The van der Waals surface area contributed by atoms with Gasteiger partial charge in [-0.25, -0.2) is 0 Å². The second-order valence-electron chi connectivity index (χ2n) is 17.7. The lowest BCUT2D eigenvalue weighted by Gasteiger charge is -2.40. The Balaban J connectivity index is 2.29. The third kappa shape index (κ3) is 32.2. The average Bonchev–Trinajstić information content (AvgIpc) is 3.28. The van der Waals surface area contributed by atoms with E-state index in [1.165, 1.54) is 122 Å². The summed E-state index contributed by atoms with van der Waals surface area (Å²) in [5.41, 5.74) is 0. The Labute approximate surface area is 384 Å². The fourth-order valence-corrected chi connectivity index (χ4v) is 7.68. The standard InChI is InChI=1S/C53H95NO9/c1-3-5-7-9-11-13-15-17-18-19-20-21-22-23-24-25-26-27-28-29-30-32-34-36-38-40-42-47(57)52(61)54-45(44-62-53-51(60)50(59)49(58)48(43-55)63-53)46(56)41-39-37-35-33-31-16-14-12-10-8-6-4-2/h10,12,20-21,23-24,31,33,39,41,45-51,53,55-60H,3-9,11,13-19,22,25-30,32,34-38,40,42-44H2,1-2H3,(H,54,61)/b12-10+,21-20-,24-23-,33-31+,41-39+. The summed E-state index contributed by atoms with van der Waals surface area (Å²) in [6, 6.07) is -1.01. The number of aliphatic hydroxyl groups excluding tert-OH is 6. The van der Waals surface area contributed by atoms with Gasteiger partial charge in [-0.05, 0) is 70.6 Å². The molecule has 8 unspecified atom stereocenters. The summed E-state index contributed by atoms with van der Waals surface area (Å²) in [5, 5.41) is 64.7. The van der Waals surface area contributed by atoms with Gasteiger partial charge in [0.25, 0.3) is 0 Å². The third-order valence-electron chi connectivity index (χ3n) is 11.9. The number of carbonyl (C=O) groups excluding carboxylic acids is 1. The van der Waals surface area contributed by atoms with Crippen LogP contribution in [0.15, 0.2) is 60.8 Å². The van der Waals surface area contributed by atoms with E-state index in [9.17, 15) is 35.4 Å². The normalized spacial score (nSPS) is 21.2. The monoisotopic (exact) mass is 890 g/mol. The van der Waals surface area contributed by atoms with Gasteiger partial charge in [0.1, 0.15) is 30.5 Å². The summed E-state index contributed by atoms with van der Waals surface area (Å²) in [5.74, 6) is -0.636. The van der Waals surface area contributed by atoms with Crippen LogP contribution in [0.25, 0.3) is 0 Å². The number of amides is 1. The van der Waals surface area contributed by atoms with Gasteiger partial charge in [-0.15, -0.1) is 0 Å². The first-order valence-electron chi connectivity index (χ1n) is 25.6. The number of carbonyl (C=O) groups is 1. The molecule has 0 aromatic heterocycles. The van der Waals surface area contributed by atoms with Crippen LogP contribution in [0.3, 0.4) is 0 Å². The van der Waals surface area contributed by atoms with Crippen LogP contribution in [0.5, 0.6) is 0 Å². The van der Waals surface area contributed by atoms with Crippen molar-refractivity contribution in [3.05, 3.63) is 60.8 Å². The highest BCUT2D eigenvalue weighted by atomic mass is 16.7. The van der Waals surface area contributed by atoms with Gasteiger partial charge < -0.3 is 45.4 Å². The van der Waals surface area contributed by atoms with E-state index in [1.807, 2.05) is 6.08 Å². The molecular formula is C53H95NO9. The first-order chi connectivity index (χ1) is 30.8. The molecule has 63 heavy (non-hydrogen) atoms. The predicted molar refractivity (Wildman–Crippen MR) is 259 cm³/mol. The maximum Gasteiger partial charge on any atom is 0.249 e. The molecule has 0 bridgehead atoms. The average molecular weight is 890 g/mol. The van der Waals surface area contributed by atoms with Gasteiger partial charge in [0.05, 0.1) is 25.4 Å². The molecule has 1 aliphatic heterocycles. The van der Waals surface area contributed by atoms with E-state index in [-0.39, 0.29) is 6.61 Å².